The highest BCUT2D eigenvalue weighted by Gasteiger charge is 2.39. The van der Waals surface area contributed by atoms with Gasteiger partial charge < -0.3 is 15.4 Å². The second-order valence-corrected chi connectivity index (χ2v) is 6.68. The topological polar surface area (TPSA) is 84.1 Å². The van der Waals surface area contributed by atoms with Crippen LogP contribution in [-0.4, -0.2) is 43.3 Å². The van der Waals surface area contributed by atoms with Gasteiger partial charge in [-0.25, -0.2) is 4.39 Å². The number of benzene rings is 1. The Morgan fingerprint density at radius 3 is 2.35 bits per heavy atom. The van der Waals surface area contributed by atoms with E-state index in [4.69, 9.17) is 15.3 Å². The summed E-state index contributed by atoms with van der Waals surface area (Å²) in [6.45, 7) is 2.07. The van der Waals surface area contributed by atoms with Crippen molar-refractivity contribution in [2.24, 2.45) is 0 Å². The van der Waals surface area contributed by atoms with Crippen molar-refractivity contribution in [3.05, 3.63) is 47.0 Å². The van der Waals surface area contributed by atoms with Gasteiger partial charge in [-0.1, -0.05) is 12.1 Å². The average molecular weight is 355 g/mol. The van der Waals surface area contributed by atoms with E-state index in [-0.39, 0.29) is 29.5 Å². The summed E-state index contributed by atoms with van der Waals surface area (Å²) in [5, 5.41) is 24.4. The highest BCUT2D eigenvalue weighted by atomic mass is 19.1. The average Bonchev–Trinajstić information content (AvgIpc) is 2.64. The third-order valence-corrected chi connectivity index (χ3v) is 5.02. The summed E-state index contributed by atoms with van der Waals surface area (Å²) in [5.41, 5.74) is 1.14. The van der Waals surface area contributed by atoms with Gasteiger partial charge in [0.25, 0.3) is 0 Å². The van der Waals surface area contributed by atoms with Gasteiger partial charge in [0.2, 0.25) is 0 Å². The smallest absolute Gasteiger partial charge is 0.169 e. The lowest BCUT2D eigenvalue weighted by Gasteiger charge is -2.49. The van der Waals surface area contributed by atoms with Crippen LogP contribution in [0.5, 0.6) is 0 Å². The number of nitrogens with zero attached hydrogens (tertiary/aromatic N) is 3. The number of rotatable bonds is 5. The Kier molecular flexibility index (Phi) is 5.72. The van der Waals surface area contributed by atoms with E-state index in [1.165, 1.54) is 12.1 Å². The molecule has 2 fully saturated rings. The van der Waals surface area contributed by atoms with Crippen molar-refractivity contribution in [2.45, 2.75) is 37.5 Å². The van der Waals surface area contributed by atoms with E-state index >= 15 is 0 Å². The van der Waals surface area contributed by atoms with Crippen molar-refractivity contribution >= 4 is 0 Å². The fraction of sp³-hybridized carbons (Fsp3) is 0.474. The van der Waals surface area contributed by atoms with Gasteiger partial charge in [-0.2, -0.15) is 10.5 Å². The van der Waals surface area contributed by atoms with Gasteiger partial charge >= 0.3 is 0 Å². The number of hydrogen-bond acceptors (Lipinski definition) is 6. The molecule has 2 aliphatic rings. The zero-order chi connectivity index (χ0) is 18.5. The minimum atomic E-state index is -0.225. The van der Waals surface area contributed by atoms with Crippen LogP contribution in [0.2, 0.25) is 0 Å². The first-order valence-electron chi connectivity index (χ1n) is 8.71. The van der Waals surface area contributed by atoms with Crippen molar-refractivity contribution in [1.29, 1.82) is 10.5 Å². The number of nitrogens with one attached hydrogen (secondary N) is 2. The molecule has 2 heterocycles. The van der Waals surface area contributed by atoms with Crippen molar-refractivity contribution < 1.29 is 9.13 Å². The number of allylic oxidation sites excluding steroid dienone is 1. The molecule has 0 saturated carbocycles. The number of halogens is 1. The third-order valence-electron chi connectivity index (χ3n) is 5.02. The summed E-state index contributed by atoms with van der Waals surface area (Å²) in [4.78, 5) is 2.42. The molecule has 7 heteroatoms. The minimum Gasteiger partial charge on any atom is -0.378 e. The second kappa shape index (κ2) is 8.18. The van der Waals surface area contributed by atoms with Gasteiger partial charge in [-0.15, -0.1) is 0 Å². The molecule has 1 aromatic rings. The predicted molar refractivity (Wildman–Crippen MR) is 93.8 cm³/mol. The first kappa shape index (κ1) is 18.2. The maximum atomic E-state index is 13.1. The van der Waals surface area contributed by atoms with E-state index < -0.39 is 0 Å². The van der Waals surface area contributed by atoms with Crippen LogP contribution in [0.1, 0.15) is 18.4 Å². The van der Waals surface area contributed by atoms with E-state index in [1.807, 2.05) is 24.3 Å². The molecular formula is C19H22FN5O. The molecule has 0 amide bonds. The zero-order valence-corrected chi connectivity index (χ0v) is 14.7. The van der Waals surface area contributed by atoms with Gasteiger partial charge in [0.1, 0.15) is 23.8 Å². The highest BCUT2D eigenvalue weighted by molar-refractivity contribution is 5.39. The quantitative estimate of drug-likeness (QED) is 0.781. The predicted octanol–water partition coefficient (Wildman–Crippen LogP) is 1.63. The minimum absolute atomic E-state index is 0.0580. The zero-order valence-electron chi connectivity index (χ0n) is 14.7. The summed E-state index contributed by atoms with van der Waals surface area (Å²) in [6, 6.07) is 11.1. The molecule has 26 heavy (non-hydrogen) atoms. The van der Waals surface area contributed by atoms with Gasteiger partial charge in [-0.3, -0.25) is 4.90 Å². The first-order valence-corrected chi connectivity index (χ1v) is 8.71. The van der Waals surface area contributed by atoms with Crippen LogP contribution in [0.15, 0.2) is 35.7 Å². The molecule has 2 saturated heterocycles. The summed E-state index contributed by atoms with van der Waals surface area (Å²) in [5.74, 6) is 0.253. The number of ether oxygens (including phenoxy) is 1. The fourth-order valence-corrected chi connectivity index (χ4v) is 3.78. The Hall–Kier alpha value is -2.61. The van der Waals surface area contributed by atoms with Crippen LogP contribution >= 0.6 is 0 Å². The molecule has 2 atom stereocenters. The molecule has 0 aromatic heterocycles. The molecule has 3 rings (SSSR count). The Labute approximate surface area is 152 Å². The van der Waals surface area contributed by atoms with Gasteiger partial charge in [0, 0.05) is 31.7 Å². The van der Waals surface area contributed by atoms with E-state index in [1.54, 1.807) is 7.05 Å². The Morgan fingerprint density at radius 1 is 1.19 bits per heavy atom. The van der Waals surface area contributed by atoms with Crippen molar-refractivity contribution in [2.75, 3.05) is 20.3 Å². The van der Waals surface area contributed by atoms with E-state index in [9.17, 15) is 4.39 Å². The van der Waals surface area contributed by atoms with Crippen LogP contribution in [0.4, 0.5) is 4.39 Å². The number of hydrogen-bond donors (Lipinski definition) is 2. The van der Waals surface area contributed by atoms with Crippen LogP contribution < -0.4 is 10.6 Å². The molecule has 2 aliphatic heterocycles. The number of piperidine rings is 1. The monoisotopic (exact) mass is 355 g/mol. The normalized spacial score (nSPS) is 24.8. The maximum Gasteiger partial charge on any atom is 0.169 e. The first-order chi connectivity index (χ1) is 12.6. The van der Waals surface area contributed by atoms with Crippen molar-refractivity contribution in [1.82, 2.24) is 15.5 Å². The molecule has 1 aromatic carbocycles. The molecule has 2 N–H and O–H groups in total. The number of nitriles is 2. The van der Waals surface area contributed by atoms with E-state index in [2.05, 4.69) is 15.5 Å². The third kappa shape index (κ3) is 3.96. The Morgan fingerprint density at radius 2 is 1.81 bits per heavy atom. The molecule has 136 valence electrons. The molecule has 0 aliphatic carbocycles. The highest BCUT2D eigenvalue weighted by Crippen LogP contribution is 2.30. The summed E-state index contributed by atoms with van der Waals surface area (Å²) in [6.07, 6.45) is 1.71. The second-order valence-electron chi connectivity index (χ2n) is 6.68. The molecule has 0 radical (unpaired) electrons. The fourth-order valence-electron chi connectivity index (χ4n) is 3.78. The lowest BCUT2D eigenvalue weighted by molar-refractivity contribution is -0.0845. The summed E-state index contributed by atoms with van der Waals surface area (Å²) >= 11 is 0. The standard InChI is InChI=1S/C19H22FN5O/c1-23-19(14(8-21)9-22)24-16-6-17-11-26-12-18(7-16)25(17)10-13-2-4-15(20)5-3-13/h2-5,16-18,23-24H,6-7,10-12H2,1H3. The van der Waals surface area contributed by atoms with E-state index in [0.29, 0.717) is 19.0 Å². The van der Waals surface area contributed by atoms with Crippen LogP contribution in [0.25, 0.3) is 0 Å². The molecular weight excluding hydrogens is 333 g/mol. The van der Waals surface area contributed by atoms with Crippen molar-refractivity contribution in [3.63, 3.8) is 0 Å². The maximum absolute atomic E-state index is 13.1. The Balaban J connectivity index is 1.70. The molecule has 6 nitrogen and oxygen atoms in total. The largest absolute Gasteiger partial charge is 0.378 e. The van der Waals surface area contributed by atoms with Crippen LogP contribution in [0, 0.1) is 28.5 Å². The summed E-state index contributed by atoms with van der Waals surface area (Å²) in [7, 11) is 1.70. The molecule has 2 bridgehead atoms. The van der Waals surface area contributed by atoms with Gasteiger partial charge in [-0.05, 0) is 30.5 Å². The van der Waals surface area contributed by atoms with E-state index in [0.717, 1.165) is 24.9 Å². The van der Waals surface area contributed by atoms with Crippen LogP contribution in [-0.2, 0) is 11.3 Å². The number of fused-ring (bicyclic) bond motifs is 2. The van der Waals surface area contributed by atoms with Gasteiger partial charge in [0.15, 0.2) is 5.57 Å². The van der Waals surface area contributed by atoms with Gasteiger partial charge in [0.05, 0.1) is 13.2 Å². The van der Waals surface area contributed by atoms with Crippen molar-refractivity contribution in [3.8, 4) is 12.1 Å². The number of morpholine rings is 1. The lowest BCUT2D eigenvalue weighted by atomic mass is 9.89. The lowest BCUT2D eigenvalue weighted by Crippen LogP contribution is -2.60. The summed E-state index contributed by atoms with van der Waals surface area (Å²) < 4.78 is 18.9. The molecule has 0 spiro atoms. The van der Waals surface area contributed by atoms with Crippen LogP contribution in [0.3, 0.4) is 0 Å². The SMILES string of the molecule is CNC(NC1CC2COCC(C1)N2Cc1ccc(F)cc1)=C(C#N)C#N. The molecule has 2 unspecified atom stereocenters. The Bertz CT molecular complexity index is 719.